The van der Waals surface area contributed by atoms with E-state index in [9.17, 15) is 17.6 Å². The Hall–Kier alpha value is -1.26. The summed E-state index contributed by atoms with van der Waals surface area (Å²) in [7, 11) is 5.45. The largest absolute Gasteiger partial charge is 0.203 e. The first-order valence-electron chi connectivity index (χ1n) is 4.49. The van der Waals surface area contributed by atoms with Gasteiger partial charge in [-0.1, -0.05) is 26.5 Å². The van der Waals surface area contributed by atoms with E-state index in [2.05, 4.69) is 6.58 Å². The van der Waals surface area contributed by atoms with Crippen LogP contribution in [0, 0.1) is 23.3 Å². The zero-order valence-corrected chi connectivity index (χ0v) is 8.87. The number of hydrogen-bond donors (Lipinski definition) is 0. The van der Waals surface area contributed by atoms with Crippen molar-refractivity contribution in [3.8, 4) is 0 Å². The molecule has 0 fully saturated rings. The van der Waals surface area contributed by atoms with Crippen LogP contribution in [-0.4, -0.2) is 7.85 Å². The van der Waals surface area contributed by atoms with Crippen LogP contribution >= 0.6 is 0 Å². The van der Waals surface area contributed by atoms with Crippen molar-refractivity contribution >= 4 is 13.9 Å². The van der Waals surface area contributed by atoms with Crippen molar-refractivity contribution in [2.75, 3.05) is 0 Å². The van der Waals surface area contributed by atoms with E-state index in [1.54, 1.807) is 0 Å². The van der Waals surface area contributed by atoms with Crippen molar-refractivity contribution in [2.24, 2.45) is 0 Å². The molecule has 0 heterocycles. The van der Waals surface area contributed by atoms with Gasteiger partial charge >= 0.3 is 0 Å². The molecule has 0 spiro atoms. The van der Waals surface area contributed by atoms with Gasteiger partial charge in [0.15, 0.2) is 23.3 Å². The zero-order chi connectivity index (χ0) is 12.7. The van der Waals surface area contributed by atoms with Gasteiger partial charge in [-0.15, -0.1) is 0 Å². The molecule has 1 rings (SSSR count). The number of benzene rings is 1. The van der Waals surface area contributed by atoms with E-state index in [0.29, 0.717) is 6.08 Å². The van der Waals surface area contributed by atoms with Gasteiger partial charge in [0.1, 0.15) is 0 Å². The summed E-state index contributed by atoms with van der Waals surface area (Å²) in [4.78, 5) is 0. The third-order valence-electron chi connectivity index (χ3n) is 2.15. The smallest absolute Gasteiger partial charge is 0.169 e. The van der Waals surface area contributed by atoms with Crippen LogP contribution < -0.4 is 0 Å². The molecule has 0 nitrogen and oxygen atoms in total. The van der Waals surface area contributed by atoms with Crippen LogP contribution in [0.4, 0.5) is 17.6 Å². The summed E-state index contributed by atoms with van der Waals surface area (Å²) in [5.74, 6) is -5.94. The maximum atomic E-state index is 13.5. The van der Waals surface area contributed by atoms with Gasteiger partial charge in [0.2, 0.25) is 0 Å². The van der Waals surface area contributed by atoms with Crippen LogP contribution in [0.15, 0.2) is 6.58 Å². The highest BCUT2D eigenvalue weighted by molar-refractivity contribution is 6.15. The molecule has 1 aromatic rings. The maximum Gasteiger partial charge on any atom is 0.169 e. The van der Waals surface area contributed by atoms with Crippen LogP contribution in [0.25, 0.3) is 6.08 Å². The third kappa shape index (κ3) is 1.86. The van der Waals surface area contributed by atoms with E-state index in [1.165, 1.54) is 13.8 Å². The lowest BCUT2D eigenvalue weighted by Crippen LogP contribution is -2.23. The normalized spacial score (nSPS) is 11.6. The number of rotatable bonds is 2. The second kappa shape index (κ2) is 3.96. The molecule has 84 valence electrons. The van der Waals surface area contributed by atoms with E-state index in [-0.39, 0.29) is 0 Å². The predicted molar refractivity (Wildman–Crippen MR) is 55.1 cm³/mol. The molecule has 0 aliphatic rings. The van der Waals surface area contributed by atoms with Gasteiger partial charge in [-0.2, -0.15) is 0 Å². The second-order valence-corrected chi connectivity index (χ2v) is 3.97. The zero-order valence-electron chi connectivity index (χ0n) is 8.87. The van der Waals surface area contributed by atoms with Crippen LogP contribution in [0.3, 0.4) is 0 Å². The lowest BCUT2D eigenvalue weighted by atomic mass is 9.67. The molecule has 2 radical (unpaired) electrons. The van der Waals surface area contributed by atoms with E-state index < -0.39 is 39.7 Å². The predicted octanol–water partition coefficient (Wildman–Crippen LogP) is 3.29. The van der Waals surface area contributed by atoms with Gasteiger partial charge in [0, 0.05) is 5.56 Å². The van der Waals surface area contributed by atoms with E-state index in [4.69, 9.17) is 7.85 Å². The monoisotopic (exact) mass is 228 g/mol. The van der Waals surface area contributed by atoms with Crippen LogP contribution in [0.2, 0.25) is 0 Å². The summed E-state index contributed by atoms with van der Waals surface area (Å²) in [6.45, 7) is 5.58. The molecule has 0 saturated heterocycles. The lowest BCUT2D eigenvalue weighted by Gasteiger charge is -2.22. The molecular weight excluding hydrogens is 219 g/mol. The van der Waals surface area contributed by atoms with Crippen molar-refractivity contribution in [1.82, 2.24) is 0 Å². The summed E-state index contributed by atoms with van der Waals surface area (Å²) in [6, 6.07) is 0. The van der Waals surface area contributed by atoms with Crippen LogP contribution in [0.1, 0.15) is 25.0 Å². The Labute approximate surface area is 92.4 Å². The summed E-state index contributed by atoms with van der Waals surface area (Å²) in [5, 5.41) is -1.52. The standard InChI is InChI=1S/C11H9BF4/c1-4-5-7(13)9(15)6(11(2,3)12)10(16)8(5)14/h4H,1H2,2-3H3. The van der Waals surface area contributed by atoms with Crippen LogP contribution in [0.5, 0.6) is 0 Å². The molecule has 0 aliphatic heterocycles. The van der Waals surface area contributed by atoms with Gasteiger partial charge in [0.05, 0.1) is 13.4 Å². The Kier molecular flexibility index (Phi) is 3.17. The van der Waals surface area contributed by atoms with Gasteiger partial charge in [-0.25, -0.2) is 17.6 Å². The minimum Gasteiger partial charge on any atom is -0.203 e. The van der Waals surface area contributed by atoms with Crippen molar-refractivity contribution < 1.29 is 17.6 Å². The number of hydrogen-bond acceptors (Lipinski definition) is 0. The number of halogens is 4. The van der Waals surface area contributed by atoms with Crippen LogP contribution in [-0.2, 0) is 5.31 Å². The van der Waals surface area contributed by atoms with E-state index in [1.807, 2.05) is 0 Å². The highest BCUT2D eigenvalue weighted by atomic mass is 19.2. The third-order valence-corrected chi connectivity index (χ3v) is 2.15. The SMILES string of the molecule is [B]C(C)(C)c1c(F)c(F)c(C=C)c(F)c1F. The Morgan fingerprint density at radius 3 is 1.62 bits per heavy atom. The average Bonchev–Trinajstić information content (AvgIpc) is 2.14. The second-order valence-electron chi connectivity index (χ2n) is 3.97. The molecule has 1 aromatic carbocycles. The molecule has 0 saturated carbocycles. The van der Waals surface area contributed by atoms with Crippen molar-refractivity contribution in [1.29, 1.82) is 0 Å². The van der Waals surface area contributed by atoms with Gasteiger partial charge < -0.3 is 0 Å². The lowest BCUT2D eigenvalue weighted by molar-refractivity contribution is 0.423. The van der Waals surface area contributed by atoms with Crippen molar-refractivity contribution in [3.63, 3.8) is 0 Å². The summed E-state index contributed by atoms with van der Waals surface area (Å²) in [5.41, 5.74) is -1.64. The summed E-state index contributed by atoms with van der Waals surface area (Å²) >= 11 is 0. The Morgan fingerprint density at radius 2 is 1.38 bits per heavy atom. The average molecular weight is 228 g/mol. The molecule has 0 N–H and O–H groups in total. The fourth-order valence-electron chi connectivity index (χ4n) is 1.39. The Morgan fingerprint density at radius 1 is 1.00 bits per heavy atom. The Balaban J connectivity index is 3.74. The molecule has 0 atom stereocenters. The fourth-order valence-corrected chi connectivity index (χ4v) is 1.39. The first-order valence-corrected chi connectivity index (χ1v) is 4.49. The highest BCUT2D eigenvalue weighted by Crippen LogP contribution is 2.31. The quantitative estimate of drug-likeness (QED) is 0.414. The minimum atomic E-state index is -1.52. The molecule has 5 heteroatoms. The summed E-state index contributed by atoms with van der Waals surface area (Å²) in [6.07, 6.45) is 0.712. The van der Waals surface area contributed by atoms with Gasteiger partial charge in [0.25, 0.3) is 0 Å². The topological polar surface area (TPSA) is 0 Å². The van der Waals surface area contributed by atoms with Crippen molar-refractivity contribution in [3.05, 3.63) is 41.0 Å². The molecule has 16 heavy (non-hydrogen) atoms. The van der Waals surface area contributed by atoms with Gasteiger partial charge in [-0.3, -0.25) is 0 Å². The Bertz CT molecular complexity index is 417. The molecule has 0 aromatic heterocycles. The fraction of sp³-hybridized carbons (Fsp3) is 0.273. The van der Waals surface area contributed by atoms with E-state index >= 15 is 0 Å². The van der Waals surface area contributed by atoms with Crippen molar-refractivity contribution in [2.45, 2.75) is 19.2 Å². The first-order chi connectivity index (χ1) is 7.21. The molecular formula is C11H9BF4. The summed E-state index contributed by atoms with van der Waals surface area (Å²) < 4.78 is 53.6. The molecule has 0 bridgehead atoms. The maximum absolute atomic E-state index is 13.5. The molecule has 0 aliphatic carbocycles. The molecule has 0 amide bonds. The first kappa shape index (κ1) is 12.8. The van der Waals surface area contributed by atoms with Gasteiger partial charge in [-0.05, 0) is 5.31 Å². The molecule has 0 unspecified atom stereocenters. The van der Waals surface area contributed by atoms with E-state index in [0.717, 1.165) is 0 Å². The highest BCUT2D eigenvalue weighted by Gasteiger charge is 2.30. The minimum absolute atomic E-state index is 0.712.